The molecule has 20 heavy (non-hydrogen) atoms. The lowest BCUT2D eigenvalue weighted by atomic mass is 10.2. The average molecular weight is 270 g/mol. The molecule has 0 saturated carbocycles. The van der Waals surface area contributed by atoms with Crippen LogP contribution in [0.2, 0.25) is 0 Å². The number of oxazole rings is 1. The monoisotopic (exact) mass is 270 g/mol. The van der Waals surface area contributed by atoms with Crippen molar-refractivity contribution in [2.75, 3.05) is 12.0 Å². The molecule has 0 aliphatic heterocycles. The van der Waals surface area contributed by atoms with Gasteiger partial charge in [0.05, 0.1) is 12.8 Å². The Balaban J connectivity index is 2.01. The van der Waals surface area contributed by atoms with Crippen LogP contribution in [0.3, 0.4) is 0 Å². The van der Waals surface area contributed by atoms with E-state index in [1.807, 2.05) is 37.3 Å². The van der Waals surface area contributed by atoms with Gasteiger partial charge in [-0.3, -0.25) is 0 Å². The number of nitriles is 1. The first kappa shape index (κ1) is 13.6. The van der Waals surface area contributed by atoms with Crippen LogP contribution < -0.4 is 10.2 Å². The number of hydrazone groups is 1. The third kappa shape index (κ3) is 3.36. The van der Waals surface area contributed by atoms with Gasteiger partial charge in [-0.15, -0.1) is 0 Å². The normalized spacial score (nSPS) is 10.4. The van der Waals surface area contributed by atoms with Crippen molar-refractivity contribution in [1.82, 2.24) is 4.98 Å². The number of anilines is 1. The van der Waals surface area contributed by atoms with Crippen LogP contribution in [-0.4, -0.2) is 17.8 Å². The molecule has 102 valence electrons. The van der Waals surface area contributed by atoms with E-state index in [2.05, 4.69) is 15.5 Å². The van der Waals surface area contributed by atoms with Crippen LogP contribution in [0, 0.1) is 18.3 Å². The van der Waals surface area contributed by atoms with Crippen LogP contribution in [-0.2, 0) is 0 Å². The lowest BCUT2D eigenvalue weighted by Crippen LogP contribution is -1.93. The highest BCUT2D eigenvalue weighted by atomic mass is 16.5. The minimum atomic E-state index is 0.186. The lowest BCUT2D eigenvalue weighted by molar-refractivity contribution is 0.340. The molecule has 6 heteroatoms. The SMILES string of the molecule is CCOc1ccc(/C=N/Nc2oc(C)nc2C#N)cc1. The minimum Gasteiger partial charge on any atom is -0.494 e. The third-order valence-electron chi connectivity index (χ3n) is 2.41. The molecule has 2 aromatic rings. The number of benzene rings is 1. The third-order valence-corrected chi connectivity index (χ3v) is 2.41. The summed E-state index contributed by atoms with van der Waals surface area (Å²) in [7, 11) is 0. The number of aryl methyl sites for hydroxylation is 1. The van der Waals surface area contributed by atoms with Gasteiger partial charge in [0.2, 0.25) is 5.69 Å². The summed E-state index contributed by atoms with van der Waals surface area (Å²) >= 11 is 0. The number of rotatable bonds is 5. The Bertz CT molecular complexity index is 638. The molecule has 0 aliphatic carbocycles. The van der Waals surface area contributed by atoms with Crippen molar-refractivity contribution in [3.8, 4) is 11.8 Å². The van der Waals surface area contributed by atoms with Gasteiger partial charge < -0.3 is 9.15 Å². The molecule has 1 N–H and O–H groups in total. The van der Waals surface area contributed by atoms with E-state index < -0.39 is 0 Å². The summed E-state index contributed by atoms with van der Waals surface area (Å²) in [6.07, 6.45) is 1.62. The number of ether oxygens (including phenoxy) is 1. The van der Waals surface area contributed by atoms with Crippen LogP contribution in [0.1, 0.15) is 24.1 Å². The second-order valence-electron chi connectivity index (χ2n) is 3.89. The molecular formula is C14H14N4O2. The molecule has 0 saturated heterocycles. The summed E-state index contributed by atoms with van der Waals surface area (Å²) in [5.74, 6) is 1.47. The molecule has 1 aromatic carbocycles. The van der Waals surface area contributed by atoms with Gasteiger partial charge in [-0.2, -0.15) is 10.4 Å². The maximum atomic E-state index is 8.85. The van der Waals surface area contributed by atoms with Crippen LogP contribution in [0.5, 0.6) is 5.75 Å². The lowest BCUT2D eigenvalue weighted by Gasteiger charge is -2.02. The molecule has 0 bridgehead atoms. The molecule has 0 spiro atoms. The summed E-state index contributed by atoms with van der Waals surface area (Å²) in [6.45, 7) is 4.24. The Morgan fingerprint density at radius 3 is 2.85 bits per heavy atom. The fraction of sp³-hybridized carbons (Fsp3) is 0.214. The minimum absolute atomic E-state index is 0.186. The highest BCUT2D eigenvalue weighted by Crippen LogP contribution is 2.15. The van der Waals surface area contributed by atoms with E-state index in [9.17, 15) is 0 Å². The molecule has 6 nitrogen and oxygen atoms in total. The maximum absolute atomic E-state index is 8.85. The van der Waals surface area contributed by atoms with E-state index in [1.54, 1.807) is 13.1 Å². The number of aromatic nitrogens is 1. The smallest absolute Gasteiger partial charge is 0.252 e. The predicted octanol–water partition coefficient (Wildman–Crippen LogP) is 2.70. The van der Waals surface area contributed by atoms with Gasteiger partial charge in [0.1, 0.15) is 11.8 Å². The van der Waals surface area contributed by atoms with Gasteiger partial charge in [0, 0.05) is 6.92 Å². The Morgan fingerprint density at radius 1 is 1.45 bits per heavy atom. The van der Waals surface area contributed by atoms with E-state index in [-0.39, 0.29) is 11.6 Å². The van der Waals surface area contributed by atoms with Crippen LogP contribution >= 0.6 is 0 Å². The number of hydrogen-bond donors (Lipinski definition) is 1. The molecule has 0 aliphatic rings. The number of hydrogen-bond acceptors (Lipinski definition) is 6. The molecule has 0 fully saturated rings. The summed E-state index contributed by atoms with van der Waals surface area (Å²) in [6, 6.07) is 9.42. The van der Waals surface area contributed by atoms with Gasteiger partial charge in [-0.05, 0) is 36.8 Å². The first-order chi connectivity index (χ1) is 9.72. The zero-order valence-electron chi connectivity index (χ0n) is 11.3. The second kappa shape index (κ2) is 6.38. The van der Waals surface area contributed by atoms with Crippen molar-refractivity contribution in [2.45, 2.75) is 13.8 Å². The fourth-order valence-corrected chi connectivity index (χ4v) is 1.56. The van der Waals surface area contributed by atoms with Crippen LogP contribution in [0.4, 0.5) is 5.88 Å². The Morgan fingerprint density at radius 2 is 2.20 bits per heavy atom. The van der Waals surface area contributed by atoms with Crippen molar-refractivity contribution >= 4 is 12.1 Å². The molecular weight excluding hydrogens is 256 g/mol. The zero-order chi connectivity index (χ0) is 14.4. The molecule has 1 aromatic heterocycles. The van der Waals surface area contributed by atoms with Gasteiger partial charge in [-0.1, -0.05) is 0 Å². The molecule has 0 amide bonds. The number of nitrogens with zero attached hydrogens (tertiary/aromatic N) is 3. The largest absolute Gasteiger partial charge is 0.494 e. The first-order valence-electron chi connectivity index (χ1n) is 6.12. The highest BCUT2D eigenvalue weighted by molar-refractivity contribution is 5.80. The van der Waals surface area contributed by atoms with Crippen molar-refractivity contribution in [2.24, 2.45) is 5.10 Å². The molecule has 0 atom stereocenters. The van der Waals surface area contributed by atoms with E-state index in [0.717, 1.165) is 11.3 Å². The Hall–Kier alpha value is -2.81. The van der Waals surface area contributed by atoms with Gasteiger partial charge in [-0.25, -0.2) is 10.4 Å². The fourth-order valence-electron chi connectivity index (χ4n) is 1.56. The summed E-state index contributed by atoms with van der Waals surface area (Å²) in [4.78, 5) is 3.91. The molecule has 1 heterocycles. The summed E-state index contributed by atoms with van der Waals surface area (Å²) < 4.78 is 10.6. The molecule has 0 radical (unpaired) electrons. The standard InChI is InChI=1S/C14H14N4O2/c1-3-19-12-6-4-11(5-7-12)9-16-18-14-13(8-15)17-10(2)20-14/h4-7,9,18H,3H2,1-2H3/b16-9+. The Kier molecular flexibility index (Phi) is 4.35. The highest BCUT2D eigenvalue weighted by Gasteiger charge is 2.08. The van der Waals surface area contributed by atoms with E-state index in [1.165, 1.54) is 0 Å². The van der Waals surface area contributed by atoms with Gasteiger partial charge in [0.15, 0.2) is 5.89 Å². The first-order valence-corrected chi connectivity index (χ1v) is 6.12. The van der Waals surface area contributed by atoms with Crippen molar-refractivity contribution in [3.05, 3.63) is 41.4 Å². The van der Waals surface area contributed by atoms with E-state index in [4.69, 9.17) is 14.4 Å². The summed E-state index contributed by atoms with van der Waals surface area (Å²) in [5.41, 5.74) is 3.75. The number of nitrogens with one attached hydrogen (secondary N) is 1. The predicted molar refractivity (Wildman–Crippen MR) is 74.8 cm³/mol. The van der Waals surface area contributed by atoms with Crippen LogP contribution in [0.15, 0.2) is 33.8 Å². The summed E-state index contributed by atoms with van der Waals surface area (Å²) in [5, 5.41) is 12.9. The van der Waals surface area contributed by atoms with Gasteiger partial charge in [0.25, 0.3) is 5.88 Å². The van der Waals surface area contributed by atoms with E-state index in [0.29, 0.717) is 12.5 Å². The quantitative estimate of drug-likeness (QED) is 0.667. The van der Waals surface area contributed by atoms with Gasteiger partial charge >= 0.3 is 0 Å². The maximum Gasteiger partial charge on any atom is 0.252 e. The van der Waals surface area contributed by atoms with Crippen molar-refractivity contribution < 1.29 is 9.15 Å². The zero-order valence-corrected chi connectivity index (χ0v) is 11.3. The van der Waals surface area contributed by atoms with Crippen molar-refractivity contribution in [1.29, 1.82) is 5.26 Å². The Labute approximate surface area is 116 Å². The molecule has 2 rings (SSSR count). The molecule has 0 unspecified atom stereocenters. The second-order valence-corrected chi connectivity index (χ2v) is 3.89. The van der Waals surface area contributed by atoms with Crippen LogP contribution in [0.25, 0.3) is 0 Å². The average Bonchev–Trinajstić information content (AvgIpc) is 2.81. The van der Waals surface area contributed by atoms with Crippen molar-refractivity contribution in [3.63, 3.8) is 0 Å². The topological polar surface area (TPSA) is 83.4 Å². The van der Waals surface area contributed by atoms with E-state index >= 15 is 0 Å².